The molecule has 1 aliphatic heterocycles. The Balaban J connectivity index is 1.38. The molecule has 1 amide bonds. The lowest BCUT2D eigenvalue weighted by Gasteiger charge is -2.47. The van der Waals surface area contributed by atoms with Gasteiger partial charge >= 0.3 is 0 Å². The second-order valence-electron chi connectivity index (χ2n) is 10.2. The first-order chi connectivity index (χ1) is 14.0. The van der Waals surface area contributed by atoms with Crippen LogP contribution in [0.3, 0.4) is 0 Å². The highest BCUT2D eigenvalue weighted by Crippen LogP contribution is 2.35. The van der Waals surface area contributed by atoms with Crippen LogP contribution in [0.25, 0.3) is 11.2 Å². The Morgan fingerprint density at radius 1 is 1.17 bits per heavy atom. The molecule has 2 fully saturated rings. The fourth-order valence-corrected chi connectivity index (χ4v) is 5.71. The Labute approximate surface area is 182 Å². The van der Waals surface area contributed by atoms with Gasteiger partial charge in [-0.3, -0.25) is 4.79 Å². The number of carbonyl (C=O) groups excluding carboxylic acids is 1. The van der Waals surface area contributed by atoms with E-state index < -0.39 is 0 Å². The summed E-state index contributed by atoms with van der Waals surface area (Å²) in [6, 6.07) is 0.446. The zero-order valence-corrected chi connectivity index (χ0v) is 19.0. The predicted octanol–water partition coefficient (Wildman–Crippen LogP) is 3.22. The number of amides is 1. The highest BCUT2D eigenvalue weighted by Gasteiger charge is 2.39. The molecule has 164 valence electrons. The molecule has 1 saturated heterocycles. The maximum atomic E-state index is 13.0. The lowest BCUT2D eigenvalue weighted by atomic mass is 9.79. The summed E-state index contributed by atoms with van der Waals surface area (Å²) in [7, 11) is 0. The number of fused-ring (bicyclic) bond motifs is 1. The fourth-order valence-electron chi connectivity index (χ4n) is 5.54. The van der Waals surface area contributed by atoms with Gasteiger partial charge < -0.3 is 20.9 Å². The van der Waals surface area contributed by atoms with Gasteiger partial charge in [-0.25, -0.2) is 4.98 Å². The summed E-state index contributed by atoms with van der Waals surface area (Å²) in [4.78, 5) is 25.6. The summed E-state index contributed by atoms with van der Waals surface area (Å²) in [5, 5.41) is 7.14. The van der Waals surface area contributed by atoms with Crippen molar-refractivity contribution in [1.29, 1.82) is 0 Å². The van der Waals surface area contributed by atoms with Crippen molar-refractivity contribution in [2.75, 3.05) is 5.73 Å². The van der Waals surface area contributed by atoms with Gasteiger partial charge in [-0.05, 0) is 77.8 Å². The Bertz CT molecular complexity index is 930. The first-order valence-electron chi connectivity index (χ1n) is 10.8. The Morgan fingerprint density at radius 2 is 1.80 bits per heavy atom. The Kier molecular flexibility index (Phi) is 5.43. The maximum absolute atomic E-state index is 13.0. The van der Waals surface area contributed by atoms with E-state index in [9.17, 15) is 4.79 Å². The van der Waals surface area contributed by atoms with Crippen LogP contribution in [0.15, 0.2) is 6.33 Å². The van der Waals surface area contributed by atoms with Gasteiger partial charge in [0.2, 0.25) is 11.2 Å². The SMILES string of the molecule is CC1(C)CC(NC(=O)[C@H]2CC[C@@H](n3cnc4c(N)nc(Cl)nc43)CC2)CC(C)(C)N1. The number of piperidine rings is 1. The molecule has 0 spiro atoms. The third-order valence-electron chi connectivity index (χ3n) is 6.42. The van der Waals surface area contributed by atoms with Crippen LogP contribution in [0.1, 0.15) is 72.3 Å². The molecule has 9 heteroatoms. The number of anilines is 1. The van der Waals surface area contributed by atoms with E-state index in [1.165, 1.54) is 0 Å². The van der Waals surface area contributed by atoms with E-state index in [1.54, 1.807) is 6.33 Å². The van der Waals surface area contributed by atoms with Crippen LogP contribution in [0.5, 0.6) is 0 Å². The molecular weight excluding hydrogens is 402 g/mol. The van der Waals surface area contributed by atoms with Crippen LogP contribution >= 0.6 is 11.6 Å². The maximum Gasteiger partial charge on any atom is 0.226 e. The van der Waals surface area contributed by atoms with Gasteiger partial charge in [-0.1, -0.05) is 0 Å². The third kappa shape index (κ3) is 4.39. The number of imidazole rings is 1. The summed E-state index contributed by atoms with van der Waals surface area (Å²) < 4.78 is 2.03. The number of hydrogen-bond donors (Lipinski definition) is 3. The molecule has 3 heterocycles. The van der Waals surface area contributed by atoms with Crippen molar-refractivity contribution in [2.45, 2.75) is 89.4 Å². The van der Waals surface area contributed by atoms with Crippen LogP contribution < -0.4 is 16.4 Å². The standard InChI is InChI=1S/C21H32ClN7O/c1-20(2)9-13(10-21(3,4)28-20)25-18(30)12-5-7-14(8-6-12)29-11-24-15-16(23)26-19(22)27-17(15)29/h11-14,28H,5-10H2,1-4H3,(H,25,30)(H2,23,26,27)/t12-,14+. The molecule has 4 N–H and O–H groups in total. The van der Waals surface area contributed by atoms with Gasteiger partial charge in [0.05, 0.1) is 6.33 Å². The van der Waals surface area contributed by atoms with Crippen molar-refractivity contribution >= 4 is 34.5 Å². The Hall–Kier alpha value is -1.93. The highest BCUT2D eigenvalue weighted by molar-refractivity contribution is 6.28. The minimum absolute atomic E-state index is 0.0187. The van der Waals surface area contributed by atoms with E-state index in [1.807, 2.05) is 4.57 Å². The molecule has 1 saturated carbocycles. The van der Waals surface area contributed by atoms with E-state index in [4.69, 9.17) is 17.3 Å². The number of carbonyl (C=O) groups is 1. The van der Waals surface area contributed by atoms with Gasteiger partial charge in [0.25, 0.3) is 0 Å². The number of hydrogen-bond acceptors (Lipinski definition) is 6. The van der Waals surface area contributed by atoms with Crippen molar-refractivity contribution < 1.29 is 4.79 Å². The van der Waals surface area contributed by atoms with Gasteiger partial charge in [-0.2, -0.15) is 9.97 Å². The smallest absolute Gasteiger partial charge is 0.226 e. The minimum atomic E-state index is 0.0187. The molecule has 0 atom stereocenters. The van der Waals surface area contributed by atoms with Gasteiger partial charge in [0.15, 0.2) is 11.5 Å². The van der Waals surface area contributed by atoms with Crippen molar-refractivity contribution in [2.24, 2.45) is 5.92 Å². The fraction of sp³-hybridized carbons (Fsp3) is 0.714. The van der Waals surface area contributed by atoms with Crippen LogP contribution in [0, 0.1) is 5.92 Å². The minimum Gasteiger partial charge on any atom is -0.382 e. The second kappa shape index (κ2) is 7.64. The summed E-state index contributed by atoms with van der Waals surface area (Å²) >= 11 is 5.99. The molecule has 2 aromatic rings. The molecule has 8 nitrogen and oxygen atoms in total. The third-order valence-corrected chi connectivity index (χ3v) is 6.59. The van der Waals surface area contributed by atoms with Crippen LogP contribution in [0.2, 0.25) is 5.28 Å². The molecule has 0 bridgehead atoms. The zero-order valence-electron chi connectivity index (χ0n) is 18.2. The average molecular weight is 434 g/mol. The van der Waals surface area contributed by atoms with Crippen LogP contribution in [-0.4, -0.2) is 42.5 Å². The first kappa shape index (κ1) is 21.3. The van der Waals surface area contributed by atoms with Crippen molar-refractivity contribution in [3.63, 3.8) is 0 Å². The molecule has 2 aromatic heterocycles. The van der Waals surface area contributed by atoms with Gasteiger partial charge in [0.1, 0.15) is 5.52 Å². The summed E-state index contributed by atoms with van der Waals surface area (Å²) in [5.74, 6) is 0.544. The number of nitrogens with zero attached hydrogens (tertiary/aromatic N) is 4. The first-order valence-corrected chi connectivity index (χ1v) is 11.2. The van der Waals surface area contributed by atoms with Gasteiger partial charge in [0, 0.05) is 29.1 Å². The summed E-state index contributed by atoms with van der Waals surface area (Å²) in [5.41, 5.74) is 7.20. The van der Waals surface area contributed by atoms with E-state index in [2.05, 4.69) is 53.3 Å². The number of aromatic nitrogens is 4. The van der Waals surface area contributed by atoms with Gasteiger partial charge in [-0.15, -0.1) is 0 Å². The number of nitrogens with one attached hydrogen (secondary N) is 2. The van der Waals surface area contributed by atoms with E-state index in [-0.39, 0.29) is 40.3 Å². The van der Waals surface area contributed by atoms with Crippen LogP contribution in [0.4, 0.5) is 5.82 Å². The molecule has 30 heavy (non-hydrogen) atoms. The topological polar surface area (TPSA) is 111 Å². The van der Waals surface area contributed by atoms with Crippen LogP contribution in [-0.2, 0) is 4.79 Å². The number of rotatable bonds is 3. The highest BCUT2D eigenvalue weighted by atomic mass is 35.5. The normalized spacial score (nSPS) is 26.6. The molecular formula is C21H32ClN7O. The molecule has 0 unspecified atom stereocenters. The molecule has 4 rings (SSSR count). The lowest BCUT2D eigenvalue weighted by Crippen LogP contribution is -2.62. The quantitative estimate of drug-likeness (QED) is 0.641. The van der Waals surface area contributed by atoms with Crippen molar-refractivity contribution in [1.82, 2.24) is 30.2 Å². The zero-order chi connectivity index (χ0) is 21.7. The van der Waals surface area contributed by atoms with Crippen molar-refractivity contribution in [3.05, 3.63) is 11.6 Å². The van der Waals surface area contributed by atoms with E-state index in [0.29, 0.717) is 17.0 Å². The summed E-state index contributed by atoms with van der Waals surface area (Å²) in [6.07, 6.45) is 7.14. The van der Waals surface area contributed by atoms with E-state index in [0.717, 1.165) is 38.5 Å². The summed E-state index contributed by atoms with van der Waals surface area (Å²) in [6.45, 7) is 8.82. The monoisotopic (exact) mass is 433 g/mol. The number of nitrogen functional groups attached to an aromatic ring is 1. The Morgan fingerprint density at radius 3 is 2.43 bits per heavy atom. The number of halogens is 1. The predicted molar refractivity (Wildman–Crippen MR) is 118 cm³/mol. The second-order valence-corrected chi connectivity index (χ2v) is 10.6. The average Bonchev–Trinajstić information content (AvgIpc) is 3.03. The molecule has 2 aliphatic rings. The number of nitrogens with two attached hydrogens (primary N) is 1. The molecule has 0 aromatic carbocycles. The largest absolute Gasteiger partial charge is 0.382 e. The van der Waals surface area contributed by atoms with Crippen molar-refractivity contribution in [3.8, 4) is 0 Å². The van der Waals surface area contributed by atoms with E-state index >= 15 is 0 Å². The molecule has 0 radical (unpaired) electrons. The molecule has 1 aliphatic carbocycles. The lowest BCUT2D eigenvalue weighted by molar-refractivity contribution is -0.127.